The van der Waals surface area contributed by atoms with E-state index in [2.05, 4.69) is 43.5 Å². The summed E-state index contributed by atoms with van der Waals surface area (Å²) >= 11 is 0. The number of fused-ring (bicyclic) bond motifs is 1. The summed E-state index contributed by atoms with van der Waals surface area (Å²) in [6.45, 7) is 4.56. The van der Waals surface area contributed by atoms with Crippen molar-refractivity contribution in [2.75, 3.05) is 0 Å². The Morgan fingerprint density at radius 1 is 1.29 bits per heavy atom. The van der Waals surface area contributed by atoms with Gasteiger partial charge in [0.1, 0.15) is 0 Å². The zero-order valence-corrected chi connectivity index (χ0v) is 10.9. The zero-order chi connectivity index (χ0) is 12.3. The minimum Gasteiger partial charge on any atom is -0.271 e. The molecule has 2 nitrogen and oxygen atoms in total. The number of nitrogens with one attached hydrogen (secondary N) is 1. The quantitative estimate of drug-likeness (QED) is 0.605. The second-order valence-electron chi connectivity index (χ2n) is 5.46. The minimum absolute atomic E-state index is 0.456. The molecule has 2 rings (SSSR count). The van der Waals surface area contributed by atoms with Crippen molar-refractivity contribution in [2.45, 2.75) is 45.6 Å². The van der Waals surface area contributed by atoms with Crippen LogP contribution in [0.5, 0.6) is 0 Å². The summed E-state index contributed by atoms with van der Waals surface area (Å²) in [7, 11) is 0. The smallest absolute Gasteiger partial charge is 0.0247 e. The summed E-state index contributed by atoms with van der Waals surface area (Å²) < 4.78 is 0. The Morgan fingerprint density at radius 3 is 2.35 bits per heavy atom. The van der Waals surface area contributed by atoms with Gasteiger partial charge in [-0.05, 0) is 42.2 Å². The molecular formula is C15H24N2. The predicted molar refractivity (Wildman–Crippen MR) is 72.5 cm³/mol. The first-order valence-corrected chi connectivity index (χ1v) is 6.77. The molecular weight excluding hydrogens is 208 g/mol. The van der Waals surface area contributed by atoms with Gasteiger partial charge < -0.3 is 0 Å². The van der Waals surface area contributed by atoms with Crippen LogP contribution in [0.4, 0.5) is 0 Å². The molecule has 0 aromatic heterocycles. The lowest BCUT2D eigenvalue weighted by Crippen LogP contribution is -2.42. The molecule has 1 aliphatic rings. The van der Waals surface area contributed by atoms with Crippen LogP contribution in [0.15, 0.2) is 24.3 Å². The zero-order valence-electron chi connectivity index (χ0n) is 10.9. The molecule has 94 valence electrons. The SMILES string of the molecule is CCC(C)CC(NN)C1Cc2ccccc2C1. The van der Waals surface area contributed by atoms with Crippen molar-refractivity contribution in [2.24, 2.45) is 17.7 Å². The van der Waals surface area contributed by atoms with Crippen LogP contribution in [0.3, 0.4) is 0 Å². The second kappa shape index (κ2) is 5.65. The summed E-state index contributed by atoms with van der Waals surface area (Å²) in [6, 6.07) is 9.25. The highest BCUT2D eigenvalue weighted by molar-refractivity contribution is 5.32. The number of hydrazine groups is 1. The fourth-order valence-electron chi connectivity index (χ4n) is 2.87. The van der Waals surface area contributed by atoms with Crippen molar-refractivity contribution in [3.05, 3.63) is 35.4 Å². The molecule has 0 aliphatic heterocycles. The van der Waals surface area contributed by atoms with Crippen LogP contribution in [0.2, 0.25) is 0 Å². The normalized spacial score (nSPS) is 19.0. The number of nitrogens with two attached hydrogens (primary N) is 1. The molecule has 1 aromatic rings. The molecule has 2 heteroatoms. The average Bonchev–Trinajstić information content (AvgIpc) is 2.78. The Hall–Kier alpha value is -0.860. The molecule has 0 heterocycles. The molecule has 0 saturated carbocycles. The third-order valence-electron chi connectivity index (χ3n) is 4.22. The van der Waals surface area contributed by atoms with Gasteiger partial charge in [-0.3, -0.25) is 11.3 Å². The Kier molecular flexibility index (Phi) is 4.19. The highest BCUT2D eigenvalue weighted by Crippen LogP contribution is 2.30. The van der Waals surface area contributed by atoms with E-state index >= 15 is 0 Å². The topological polar surface area (TPSA) is 38.0 Å². The molecule has 3 N–H and O–H groups in total. The molecule has 17 heavy (non-hydrogen) atoms. The Balaban J connectivity index is 2.00. The maximum Gasteiger partial charge on any atom is 0.0247 e. The van der Waals surface area contributed by atoms with Gasteiger partial charge in [0.05, 0.1) is 0 Å². The number of hydrogen-bond donors (Lipinski definition) is 2. The average molecular weight is 232 g/mol. The first-order valence-electron chi connectivity index (χ1n) is 6.77. The predicted octanol–water partition coefficient (Wildman–Crippen LogP) is 2.67. The monoisotopic (exact) mass is 232 g/mol. The Morgan fingerprint density at radius 2 is 1.88 bits per heavy atom. The third-order valence-corrected chi connectivity index (χ3v) is 4.22. The van der Waals surface area contributed by atoms with Crippen molar-refractivity contribution in [1.29, 1.82) is 0 Å². The molecule has 1 aliphatic carbocycles. The summed E-state index contributed by atoms with van der Waals surface area (Å²) in [5.74, 6) is 7.16. The van der Waals surface area contributed by atoms with Crippen LogP contribution in [-0.2, 0) is 12.8 Å². The van der Waals surface area contributed by atoms with Crippen molar-refractivity contribution >= 4 is 0 Å². The van der Waals surface area contributed by atoms with E-state index in [1.807, 2.05) is 0 Å². The highest BCUT2D eigenvalue weighted by atomic mass is 15.2. The summed E-state index contributed by atoms with van der Waals surface area (Å²) in [6.07, 6.45) is 4.78. The fraction of sp³-hybridized carbons (Fsp3) is 0.600. The van der Waals surface area contributed by atoms with Crippen molar-refractivity contribution in [1.82, 2.24) is 5.43 Å². The van der Waals surface area contributed by atoms with Gasteiger partial charge in [-0.1, -0.05) is 44.5 Å². The van der Waals surface area contributed by atoms with Gasteiger partial charge >= 0.3 is 0 Å². The standard InChI is InChI=1S/C15H24N2/c1-3-11(2)8-15(17-16)14-9-12-6-4-5-7-13(12)10-14/h4-7,11,14-15,17H,3,8-10,16H2,1-2H3. The van der Waals surface area contributed by atoms with Crippen LogP contribution in [0.1, 0.15) is 37.8 Å². The third kappa shape index (κ3) is 2.88. The first kappa shape index (κ1) is 12.6. The lowest BCUT2D eigenvalue weighted by atomic mass is 9.88. The molecule has 0 radical (unpaired) electrons. The van der Waals surface area contributed by atoms with Crippen LogP contribution in [0.25, 0.3) is 0 Å². The Labute approximate surface area is 105 Å². The van der Waals surface area contributed by atoms with Gasteiger partial charge in [-0.15, -0.1) is 0 Å². The number of rotatable bonds is 5. The van der Waals surface area contributed by atoms with E-state index in [4.69, 9.17) is 5.84 Å². The molecule has 0 fully saturated rings. The van der Waals surface area contributed by atoms with E-state index in [1.54, 1.807) is 0 Å². The molecule has 0 amide bonds. The molecule has 2 unspecified atom stereocenters. The number of benzene rings is 1. The molecule has 2 atom stereocenters. The number of hydrogen-bond acceptors (Lipinski definition) is 2. The molecule has 0 bridgehead atoms. The van der Waals surface area contributed by atoms with Crippen molar-refractivity contribution in [3.8, 4) is 0 Å². The minimum atomic E-state index is 0.456. The second-order valence-corrected chi connectivity index (χ2v) is 5.46. The lowest BCUT2D eigenvalue weighted by Gasteiger charge is -2.25. The van der Waals surface area contributed by atoms with Gasteiger partial charge in [0.25, 0.3) is 0 Å². The molecule has 0 spiro atoms. The van der Waals surface area contributed by atoms with Crippen LogP contribution in [0, 0.1) is 11.8 Å². The largest absolute Gasteiger partial charge is 0.271 e. The maximum atomic E-state index is 5.74. The van der Waals surface area contributed by atoms with Gasteiger partial charge in [-0.2, -0.15) is 0 Å². The summed E-state index contributed by atoms with van der Waals surface area (Å²) in [4.78, 5) is 0. The summed E-state index contributed by atoms with van der Waals surface area (Å²) in [5, 5.41) is 0. The van der Waals surface area contributed by atoms with E-state index < -0.39 is 0 Å². The first-order chi connectivity index (χ1) is 8.24. The maximum absolute atomic E-state index is 5.74. The Bertz CT molecular complexity index is 337. The van der Waals surface area contributed by atoms with Crippen molar-refractivity contribution in [3.63, 3.8) is 0 Å². The van der Waals surface area contributed by atoms with Gasteiger partial charge in [0.15, 0.2) is 0 Å². The van der Waals surface area contributed by atoms with E-state index in [0.29, 0.717) is 12.0 Å². The van der Waals surface area contributed by atoms with E-state index in [9.17, 15) is 0 Å². The lowest BCUT2D eigenvalue weighted by molar-refractivity contribution is 0.304. The van der Waals surface area contributed by atoms with Crippen LogP contribution in [-0.4, -0.2) is 6.04 Å². The van der Waals surface area contributed by atoms with Gasteiger partial charge in [-0.25, -0.2) is 0 Å². The van der Waals surface area contributed by atoms with Crippen molar-refractivity contribution < 1.29 is 0 Å². The molecule has 1 aromatic carbocycles. The molecule has 0 saturated heterocycles. The van der Waals surface area contributed by atoms with Crippen LogP contribution >= 0.6 is 0 Å². The van der Waals surface area contributed by atoms with E-state index in [-0.39, 0.29) is 0 Å². The highest BCUT2D eigenvalue weighted by Gasteiger charge is 2.28. The van der Waals surface area contributed by atoms with E-state index in [1.165, 1.54) is 36.8 Å². The van der Waals surface area contributed by atoms with Gasteiger partial charge in [0, 0.05) is 6.04 Å². The van der Waals surface area contributed by atoms with Crippen LogP contribution < -0.4 is 11.3 Å². The summed E-state index contributed by atoms with van der Waals surface area (Å²) in [5.41, 5.74) is 6.08. The van der Waals surface area contributed by atoms with E-state index in [0.717, 1.165) is 5.92 Å². The fourth-order valence-corrected chi connectivity index (χ4v) is 2.87. The van der Waals surface area contributed by atoms with Gasteiger partial charge in [0.2, 0.25) is 0 Å².